The molecule has 0 aromatic heterocycles. The van der Waals surface area contributed by atoms with Gasteiger partial charge in [0.2, 0.25) is 0 Å². The van der Waals surface area contributed by atoms with E-state index in [1.165, 1.54) is 32.5 Å². The van der Waals surface area contributed by atoms with Crippen molar-refractivity contribution in [3.05, 3.63) is 0 Å². The molecule has 0 bridgehead atoms. The van der Waals surface area contributed by atoms with E-state index in [2.05, 4.69) is 29.2 Å². The number of likely N-dealkylation sites (N-methyl/N-ethyl adjacent to an activating group) is 1. The van der Waals surface area contributed by atoms with Crippen molar-refractivity contribution < 1.29 is 4.74 Å². The van der Waals surface area contributed by atoms with Crippen molar-refractivity contribution in [2.75, 3.05) is 67.1 Å². The summed E-state index contributed by atoms with van der Waals surface area (Å²) < 4.78 is 5.00. The molecule has 0 unspecified atom stereocenters. The van der Waals surface area contributed by atoms with Crippen LogP contribution in [0.25, 0.3) is 0 Å². The predicted molar refractivity (Wildman–Crippen MR) is 72.5 cm³/mol. The molecule has 1 saturated heterocycles. The van der Waals surface area contributed by atoms with E-state index < -0.39 is 0 Å². The minimum atomic E-state index is 0.804. The summed E-state index contributed by atoms with van der Waals surface area (Å²) >= 11 is 0. The molecule has 1 N–H and O–H groups in total. The summed E-state index contributed by atoms with van der Waals surface area (Å²) in [6.07, 6.45) is 2.72. The van der Waals surface area contributed by atoms with Crippen LogP contribution in [0.5, 0.6) is 0 Å². The lowest BCUT2D eigenvalue weighted by atomic mass is 9.97. The van der Waals surface area contributed by atoms with E-state index in [4.69, 9.17) is 4.74 Å². The maximum absolute atomic E-state index is 5.00. The highest BCUT2D eigenvalue weighted by Gasteiger charge is 2.17. The van der Waals surface area contributed by atoms with Crippen LogP contribution in [0.1, 0.15) is 12.8 Å². The molecule has 4 nitrogen and oxygen atoms in total. The zero-order valence-electron chi connectivity index (χ0n) is 11.7. The Bertz CT molecular complexity index is 182. The Morgan fingerprint density at radius 3 is 2.65 bits per heavy atom. The number of nitrogens with one attached hydrogen (secondary N) is 1. The average molecular weight is 243 g/mol. The largest absolute Gasteiger partial charge is 0.383 e. The zero-order chi connectivity index (χ0) is 12.5. The van der Waals surface area contributed by atoms with E-state index >= 15 is 0 Å². The maximum Gasteiger partial charge on any atom is 0.0587 e. The summed E-state index contributed by atoms with van der Waals surface area (Å²) in [6.45, 7) is 7.74. The lowest BCUT2D eigenvalue weighted by Gasteiger charge is -2.31. The van der Waals surface area contributed by atoms with Crippen molar-refractivity contribution in [3.63, 3.8) is 0 Å². The van der Waals surface area contributed by atoms with Gasteiger partial charge in [0, 0.05) is 33.3 Å². The molecule has 1 heterocycles. The second-order valence-electron chi connectivity index (χ2n) is 5.25. The summed E-state index contributed by atoms with van der Waals surface area (Å²) in [5.74, 6) is 0.898. The molecule has 0 radical (unpaired) electrons. The molecular weight excluding hydrogens is 214 g/mol. The lowest BCUT2D eigenvalue weighted by Crippen LogP contribution is -2.38. The van der Waals surface area contributed by atoms with Crippen LogP contribution in [0.4, 0.5) is 0 Å². The molecule has 0 amide bonds. The van der Waals surface area contributed by atoms with E-state index in [9.17, 15) is 0 Å². The molecule has 1 aliphatic rings. The van der Waals surface area contributed by atoms with E-state index in [1.54, 1.807) is 7.11 Å². The Morgan fingerprint density at radius 2 is 2.00 bits per heavy atom. The molecule has 1 rings (SSSR count). The number of nitrogens with zero attached hydrogens (tertiary/aromatic N) is 2. The maximum atomic E-state index is 5.00. The first kappa shape index (κ1) is 14.9. The average Bonchev–Trinajstić information content (AvgIpc) is 2.32. The van der Waals surface area contributed by atoms with Crippen LogP contribution >= 0.6 is 0 Å². The molecule has 0 aliphatic carbocycles. The zero-order valence-corrected chi connectivity index (χ0v) is 11.7. The van der Waals surface area contributed by atoms with Gasteiger partial charge in [-0.3, -0.25) is 0 Å². The van der Waals surface area contributed by atoms with Crippen LogP contribution in [-0.4, -0.2) is 76.9 Å². The number of hydrogen-bond donors (Lipinski definition) is 1. The number of methoxy groups -OCH3 is 1. The molecule has 0 spiro atoms. The molecule has 102 valence electrons. The van der Waals surface area contributed by atoms with Crippen molar-refractivity contribution in [2.24, 2.45) is 5.92 Å². The number of rotatable bonds is 8. The summed E-state index contributed by atoms with van der Waals surface area (Å²) in [7, 11) is 6.20. The third kappa shape index (κ3) is 6.99. The van der Waals surface area contributed by atoms with Crippen LogP contribution in [0.2, 0.25) is 0 Å². The van der Waals surface area contributed by atoms with E-state index in [1.807, 2.05) is 0 Å². The van der Waals surface area contributed by atoms with Gasteiger partial charge in [0.25, 0.3) is 0 Å². The number of likely N-dealkylation sites (tertiary alicyclic amines) is 1. The van der Waals surface area contributed by atoms with Gasteiger partial charge in [0.15, 0.2) is 0 Å². The fraction of sp³-hybridized carbons (Fsp3) is 1.00. The Kier molecular flexibility index (Phi) is 7.77. The first-order valence-electron chi connectivity index (χ1n) is 6.79. The summed E-state index contributed by atoms with van der Waals surface area (Å²) in [6, 6.07) is 0. The van der Waals surface area contributed by atoms with Crippen molar-refractivity contribution >= 4 is 0 Å². The third-order valence-electron chi connectivity index (χ3n) is 3.56. The van der Waals surface area contributed by atoms with Gasteiger partial charge in [-0.05, 0) is 45.9 Å². The Hall–Kier alpha value is -0.160. The van der Waals surface area contributed by atoms with Crippen LogP contribution in [-0.2, 0) is 4.74 Å². The fourth-order valence-corrected chi connectivity index (χ4v) is 2.35. The van der Waals surface area contributed by atoms with Crippen LogP contribution in [0, 0.1) is 5.92 Å². The van der Waals surface area contributed by atoms with Gasteiger partial charge in [-0.1, -0.05) is 0 Å². The second-order valence-corrected chi connectivity index (χ2v) is 5.25. The number of ether oxygens (including phenoxy) is 1. The third-order valence-corrected chi connectivity index (χ3v) is 3.56. The van der Waals surface area contributed by atoms with E-state index in [0.29, 0.717) is 0 Å². The molecule has 0 atom stereocenters. The molecule has 0 saturated carbocycles. The highest BCUT2D eigenvalue weighted by Crippen LogP contribution is 2.16. The van der Waals surface area contributed by atoms with Crippen molar-refractivity contribution in [1.29, 1.82) is 0 Å². The Morgan fingerprint density at radius 1 is 1.29 bits per heavy atom. The van der Waals surface area contributed by atoms with Crippen LogP contribution < -0.4 is 5.32 Å². The quantitative estimate of drug-likeness (QED) is 0.628. The molecule has 1 aliphatic heterocycles. The van der Waals surface area contributed by atoms with Gasteiger partial charge in [-0.2, -0.15) is 0 Å². The SMILES string of the molecule is COCCNCCN(C)CC1CCN(C)CC1. The van der Waals surface area contributed by atoms with Crippen LogP contribution in [0.15, 0.2) is 0 Å². The van der Waals surface area contributed by atoms with E-state index in [0.717, 1.165) is 32.2 Å². The van der Waals surface area contributed by atoms with Gasteiger partial charge in [-0.15, -0.1) is 0 Å². The second kappa shape index (κ2) is 8.86. The standard InChI is InChI=1S/C13H29N3O/c1-15-8-4-13(5-9-15)12-16(2)10-6-14-7-11-17-3/h13-14H,4-12H2,1-3H3. The molecular formula is C13H29N3O. The van der Waals surface area contributed by atoms with Gasteiger partial charge in [0.05, 0.1) is 6.61 Å². The van der Waals surface area contributed by atoms with Gasteiger partial charge in [-0.25, -0.2) is 0 Å². The minimum absolute atomic E-state index is 0.804. The normalized spacial score (nSPS) is 19.1. The van der Waals surface area contributed by atoms with Gasteiger partial charge in [0.1, 0.15) is 0 Å². The summed E-state index contributed by atoms with van der Waals surface area (Å²) in [5, 5.41) is 3.39. The van der Waals surface area contributed by atoms with Crippen molar-refractivity contribution in [2.45, 2.75) is 12.8 Å². The smallest absolute Gasteiger partial charge is 0.0587 e. The Labute approximate surface area is 106 Å². The number of hydrogen-bond acceptors (Lipinski definition) is 4. The molecule has 1 fully saturated rings. The van der Waals surface area contributed by atoms with Gasteiger partial charge < -0.3 is 19.9 Å². The minimum Gasteiger partial charge on any atom is -0.383 e. The highest BCUT2D eigenvalue weighted by molar-refractivity contribution is 4.72. The van der Waals surface area contributed by atoms with Crippen LogP contribution in [0.3, 0.4) is 0 Å². The first-order chi connectivity index (χ1) is 8.22. The van der Waals surface area contributed by atoms with Gasteiger partial charge >= 0.3 is 0 Å². The first-order valence-corrected chi connectivity index (χ1v) is 6.79. The molecule has 0 aromatic carbocycles. The monoisotopic (exact) mass is 243 g/mol. The van der Waals surface area contributed by atoms with E-state index in [-0.39, 0.29) is 0 Å². The topological polar surface area (TPSA) is 27.7 Å². The predicted octanol–water partition coefficient (Wildman–Crippen LogP) is 0.496. The molecule has 0 aromatic rings. The fourth-order valence-electron chi connectivity index (χ4n) is 2.35. The number of piperidine rings is 1. The Balaban J connectivity index is 1.98. The van der Waals surface area contributed by atoms with Crippen molar-refractivity contribution in [3.8, 4) is 0 Å². The summed E-state index contributed by atoms with van der Waals surface area (Å²) in [4.78, 5) is 4.89. The lowest BCUT2D eigenvalue weighted by molar-refractivity contribution is 0.174. The molecule has 4 heteroatoms. The highest BCUT2D eigenvalue weighted by atomic mass is 16.5. The van der Waals surface area contributed by atoms with Crippen molar-refractivity contribution in [1.82, 2.24) is 15.1 Å². The summed E-state index contributed by atoms with van der Waals surface area (Å²) in [5.41, 5.74) is 0. The molecule has 17 heavy (non-hydrogen) atoms.